The maximum atomic E-state index is 11.6. The van der Waals surface area contributed by atoms with E-state index < -0.39 is 22.9 Å². The van der Waals surface area contributed by atoms with E-state index in [1.165, 1.54) is 0 Å². The number of Topliss-reactive ketones (excluding diaryl/α,β-unsaturated/α-hetero) is 2. The highest BCUT2D eigenvalue weighted by atomic mass is 16.1. The van der Waals surface area contributed by atoms with Gasteiger partial charge in [-0.1, -0.05) is 20.8 Å². The summed E-state index contributed by atoms with van der Waals surface area (Å²) >= 11 is 0. The maximum Gasteiger partial charge on any atom is 0.157 e. The molecule has 4 heteroatoms. The second-order valence-corrected chi connectivity index (χ2v) is 4.40. The van der Waals surface area contributed by atoms with E-state index >= 15 is 0 Å². The number of hydrogen-bond donors (Lipinski definition) is 0. The van der Waals surface area contributed by atoms with E-state index in [2.05, 4.69) is 0 Å². The van der Waals surface area contributed by atoms with Gasteiger partial charge in [0.2, 0.25) is 0 Å². The van der Waals surface area contributed by atoms with E-state index in [1.807, 2.05) is 0 Å². The first-order chi connectivity index (χ1) is 6.84. The summed E-state index contributed by atoms with van der Waals surface area (Å²) in [5, 5.41) is 16.8. The van der Waals surface area contributed by atoms with Gasteiger partial charge in [-0.15, -0.1) is 0 Å². The zero-order valence-electron chi connectivity index (χ0n) is 9.20. The number of carbonyl (C=O) groups is 2. The van der Waals surface area contributed by atoms with Gasteiger partial charge in [0, 0.05) is 0 Å². The molecule has 0 aliphatic heterocycles. The van der Waals surface area contributed by atoms with Crippen LogP contribution in [0.5, 0.6) is 0 Å². The summed E-state index contributed by atoms with van der Waals surface area (Å²) in [4.78, 5) is 23.1. The smallest absolute Gasteiger partial charge is 0.157 e. The van der Waals surface area contributed by atoms with Crippen LogP contribution in [0.3, 0.4) is 0 Å². The van der Waals surface area contributed by atoms with Crippen LogP contribution >= 0.6 is 0 Å². The predicted molar refractivity (Wildman–Crippen MR) is 53.4 cm³/mol. The fraction of sp³-hybridized carbons (Fsp3) is 0.636. The molecule has 0 spiro atoms. The fourth-order valence-electron chi connectivity index (χ4n) is 1.51. The van der Waals surface area contributed by atoms with Crippen molar-refractivity contribution >= 4 is 11.6 Å². The normalized spacial score (nSPS) is 10.5. The van der Waals surface area contributed by atoms with Gasteiger partial charge in [0.1, 0.15) is 0 Å². The summed E-state index contributed by atoms with van der Waals surface area (Å²) in [5.74, 6) is -1.65. The Morgan fingerprint density at radius 2 is 1.40 bits per heavy atom. The SMILES string of the molecule is CC(C)(C)C(C(=O)CC#N)C(=O)CC#N. The van der Waals surface area contributed by atoms with Gasteiger partial charge in [-0.05, 0) is 5.41 Å². The Bertz CT molecular complexity index is 311. The molecule has 0 N–H and O–H groups in total. The summed E-state index contributed by atoms with van der Waals surface area (Å²) in [7, 11) is 0. The molecule has 0 rings (SSSR count). The van der Waals surface area contributed by atoms with E-state index in [0.717, 1.165) is 0 Å². The van der Waals surface area contributed by atoms with Gasteiger partial charge in [-0.25, -0.2) is 0 Å². The second-order valence-electron chi connectivity index (χ2n) is 4.40. The fourth-order valence-corrected chi connectivity index (χ4v) is 1.51. The molecule has 15 heavy (non-hydrogen) atoms. The number of carbonyl (C=O) groups excluding carboxylic acids is 2. The Balaban J connectivity index is 4.93. The zero-order chi connectivity index (χ0) is 12.1. The third-order valence-electron chi connectivity index (χ3n) is 2.02. The topological polar surface area (TPSA) is 81.7 Å². The Labute approximate surface area is 89.5 Å². The molecule has 4 nitrogen and oxygen atoms in total. The van der Waals surface area contributed by atoms with Crippen LogP contribution in [0.25, 0.3) is 0 Å². The lowest BCUT2D eigenvalue weighted by atomic mass is 9.74. The van der Waals surface area contributed by atoms with E-state index in [0.29, 0.717) is 0 Å². The first kappa shape index (κ1) is 13.3. The van der Waals surface area contributed by atoms with Crippen LogP contribution in [0.15, 0.2) is 0 Å². The van der Waals surface area contributed by atoms with Gasteiger partial charge in [-0.3, -0.25) is 9.59 Å². The van der Waals surface area contributed by atoms with E-state index in [-0.39, 0.29) is 12.8 Å². The summed E-state index contributed by atoms with van der Waals surface area (Å²) < 4.78 is 0. The molecule has 0 bridgehead atoms. The van der Waals surface area contributed by atoms with Crippen LogP contribution in [-0.2, 0) is 9.59 Å². The lowest BCUT2D eigenvalue weighted by molar-refractivity contribution is -0.135. The van der Waals surface area contributed by atoms with Crippen LogP contribution in [0.1, 0.15) is 33.6 Å². The summed E-state index contributed by atoms with van der Waals surface area (Å²) in [6.45, 7) is 5.26. The Hall–Kier alpha value is -1.68. The third kappa shape index (κ3) is 3.91. The van der Waals surface area contributed by atoms with Crippen molar-refractivity contribution in [2.24, 2.45) is 11.3 Å². The molecule has 0 amide bonds. The van der Waals surface area contributed by atoms with Crippen molar-refractivity contribution in [3.63, 3.8) is 0 Å². The number of nitriles is 2. The van der Waals surface area contributed by atoms with Gasteiger partial charge in [0.05, 0.1) is 30.9 Å². The Morgan fingerprint density at radius 1 is 1.07 bits per heavy atom. The van der Waals surface area contributed by atoms with Crippen molar-refractivity contribution in [1.82, 2.24) is 0 Å². The molecule has 0 atom stereocenters. The average Bonchev–Trinajstić information content (AvgIpc) is 2.01. The molecule has 0 unspecified atom stereocenters. The molecule has 0 aromatic carbocycles. The molecular weight excluding hydrogens is 192 g/mol. The summed E-state index contributed by atoms with van der Waals surface area (Å²) in [5.41, 5.74) is -0.540. The molecule has 0 saturated carbocycles. The highest BCUT2D eigenvalue weighted by Crippen LogP contribution is 2.29. The third-order valence-corrected chi connectivity index (χ3v) is 2.02. The van der Waals surface area contributed by atoms with Crippen molar-refractivity contribution in [2.75, 3.05) is 0 Å². The standard InChI is InChI=1S/C11H14N2O2/c1-11(2,3)10(8(14)4-6-12)9(15)5-7-13/h10H,4-5H2,1-3H3. The summed E-state index contributed by atoms with van der Waals surface area (Å²) in [6, 6.07) is 3.46. The van der Waals surface area contributed by atoms with Crippen LogP contribution in [0, 0.1) is 34.0 Å². The maximum absolute atomic E-state index is 11.6. The molecule has 0 aliphatic carbocycles. The lowest BCUT2D eigenvalue weighted by Crippen LogP contribution is -2.35. The van der Waals surface area contributed by atoms with E-state index in [1.54, 1.807) is 32.9 Å². The largest absolute Gasteiger partial charge is 0.298 e. The van der Waals surface area contributed by atoms with Gasteiger partial charge in [-0.2, -0.15) is 10.5 Å². The minimum absolute atomic E-state index is 0.279. The van der Waals surface area contributed by atoms with Crippen LogP contribution < -0.4 is 0 Å². The monoisotopic (exact) mass is 206 g/mol. The van der Waals surface area contributed by atoms with Crippen molar-refractivity contribution < 1.29 is 9.59 Å². The van der Waals surface area contributed by atoms with Gasteiger partial charge < -0.3 is 0 Å². The van der Waals surface area contributed by atoms with Crippen LogP contribution in [0.2, 0.25) is 0 Å². The molecule has 0 aliphatic rings. The van der Waals surface area contributed by atoms with Gasteiger partial charge in [0.15, 0.2) is 11.6 Å². The number of ketones is 2. The van der Waals surface area contributed by atoms with E-state index in [9.17, 15) is 9.59 Å². The molecule has 0 heterocycles. The van der Waals surface area contributed by atoms with Crippen LogP contribution in [-0.4, -0.2) is 11.6 Å². The predicted octanol–water partition coefficient (Wildman–Crippen LogP) is 1.61. The number of nitrogens with zero attached hydrogens (tertiary/aromatic N) is 2. The Kier molecular flexibility index (Phi) is 4.67. The second kappa shape index (κ2) is 5.26. The van der Waals surface area contributed by atoms with Crippen molar-refractivity contribution in [1.29, 1.82) is 10.5 Å². The minimum Gasteiger partial charge on any atom is -0.298 e. The van der Waals surface area contributed by atoms with Crippen molar-refractivity contribution in [3.05, 3.63) is 0 Å². The van der Waals surface area contributed by atoms with Crippen LogP contribution in [0.4, 0.5) is 0 Å². The highest BCUT2D eigenvalue weighted by Gasteiger charge is 2.36. The first-order valence-electron chi connectivity index (χ1n) is 4.64. The van der Waals surface area contributed by atoms with Gasteiger partial charge in [0.25, 0.3) is 0 Å². The lowest BCUT2D eigenvalue weighted by Gasteiger charge is -2.26. The average molecular weight is 206 g/mol. The molecule has 0 aromatic rings. The molecule has 0 fully saturated rings. The molecule has 0 aromatic heterocycles. The molecular formula is C11H14N2O2. The molecule has 80 valence electrons. The van der Waals surface area contributed by atoms with Gasteiger partial charge >= 0.3 is 0 Å². The minimum atomic E-state index is -0.850. The quantitative estimate of drug-likeness (QED) is 0.654. The van der Waals surface area contributed by atoms with Crippen molar-refractivity contribution in [2.45, 2.75) is 33.6 Å². The molecule has 0 radical (unpaired) electrons. The van der Waals surface area contributed by atoms with Crippen molar-refractivity contribution in [3.8, 4) is 12.1 Å². The number of hydrogen-bond acceptors (Lipinski definition) is 4. The Morgan fingerprint density at radius 3 is 1.60 bits per heavy atom. The number of rotatable bonds is 4. The highest BCUT2D eigenvalue weighted by molar-refractivity contribution is 6.04. The first-order valence-corrected chi connectivity index (χ1v) is 4.64. The zero-order valence-corrected chi connectivity index (χ0v) is 9.20. The molecule has 0 saturated heterocycles. The summed E-state index contributed by atoms with van der Waals surface area (Å²) in [6.07, 6.45) is -0.557. The van der Waals surface area contributed by atoms with E-state index in [4.69, 9.17) is 10.5 Å².